The van der Waals surface area contributed by atoms with Crippen LogP contribution in [0.4, 0.5) is 0 Å². The SMILES string of the molecule is CC(C)N(CC1(NS(C)(=O)=O)CC1)C(C)C. The molecule has 0 atom stereocenters. The van der Waals surface area contributed by atoms with Crippen molar-refractivity contribution >= 4 is 10.0 Å². The molecule has 0 amide bonds. The van der Waals surface area contributed by atoms with Gasteiger partial charge in [-0.2, -0.15) is 0 Å². The van der Waals surface area contributed by atoms with Crippen LogP contribution in [0.1, 0.15) is 40.5 Å². The summed E-state index contributed by atoms with van der Waals surface area (Å²) in [5.74, 6) is 0. The van der Waals surface area contributed by atoms with E-state index in [0.29, 0.717) is 12.1 Å². The number of rotatable bonds is 6. The molecule has 96 valence electrons. The van der Waals surface area contributed by atoms with E-state index in [1.807, 2.05) is 0 Å². The molecule has 0 radical (unpaired) electrons. The molecule has 4 nitrogen and oxygen atoms in total. The minimum absolute atomic E-state index is 0.192. The van der Waals surface area contributed by atoms with Crippen molar-refractivity contribution in [3.63, 3.8) is 0 Å². The molecule has 0 aromatic carbocycles. The molecule has 1 aliphatic carbocycles. The van der Waals surface area contributed by atoms with Gasteiger partial charge in [-0.05, 0) is 40.5 Å². The average Bonchev–Trinajstić information content (AvgIpc) is 2.77. The highest BCUT2D eigenvalue weighted by Crippen LogP contribution is 2.37. The van der Waals surface area contributed by atoms with Gasteiger partial charge in [0, 0.05) is 24.2 Å². The van der Waals surface area contributed by atoms with Gasteiger partial charge in [-0.3, -0.25) is 4.90 Å². The van der Waals surface area contributed by atoms with Gasteiger partial charge in [-0.1, -0.05) is 0 Å². The maximum atomic E-state index is 11.3. The molecule has 0 saturated heterocycles. The minimum Gasteiger partial charge on any atom is -0.297 e. The van der Waals surface area contributed by atoms with E-state index in [1.165, 1.54) is 6.26 Å². The van der Waals surface area contributed by atoms with Crippen LogP contribution in [0.25, 0.3) is 0 Å². The molecule has 1 rings (SSSR count). The lowest BCUT2D eigenvalue weighted by molar-refractivity contribution is 0.155. The lowest BCUT2D eigenvalue weighted by Crippen LogP contribution is -2.49. The van der Waals surface area contributed by atoms with E-state index in [4.69, 9.17) is 0 Å². The normalized spacial score (nSPS) is 19.8. The van der Waals surface area contributed by atoms with Crippen molar-refractivity contribution in [3.8, 4) is 0 Å². The second-order valence-corrected chi connectivity index (χ2v) is 7.26. The van der Waals surface area contributed by atoms with E-state index in [2.05, 4.69) is 37.3 Å². The second-order valence-electron chi connectivity index (χ2n) is 5.51. The van der Waals surface area contributed by atoms with Crippen molar-refractivity contribution in [1.29, 1.82) is 0 Å². The Hall–Kier alpha value is -0.130. The van der Waals surface area contributed by atoms with Gasteiger partial charge < -0.3 is 0 Å². The summed E-state index contributed by atoms with van der Waals surface area (Å²) in [5, 5.41) is 0. The highest BCUT2D eigenvalue weighted by atomic mass is 32.2. The third-order valence-corrected chi connectivity index (χ3v) is 3.87. The van der Waals surface area contributed by atoms with Crippen molar-refractivity contribution in [3.05, 3.63) is 0 Å². The summed E-state index contributed by atoms with van der Waals surface area (Å²) in [6, 6.07) is 0.887. The molecule has 0 bridgehead atoms. The Kier molecular flexibility index (Phi) is 4.03. The van der Waals surface area contributed by atoms with Crippen LogP contribution in [0.3, 0.4) is 0 Å². The average molecular weight is 248 g/mol. The Morgan fingerprint density at radius 1 is 1.19 bits per heavy atom. The summed E-state index contributed by atoms with van der Waals surface area (Å²) in [4.78, 5) is 2.34. The summed E-state index contributed by atoms with van der Waals surface area (Å²) < 4.78 is 25.3. The number of nitrogens with one attached hydrogen (secondary N) is 1. The molecular weight excluding hydrogens is 224 g/mol. The molecule has 1 saturated carbocycles. The first-order valence-corrected chi connectivity index (χ1v) is 7.79. The first kappa shape index (κ1) is 13.9. The van der Waals surface area contributed by atoms with E-state index < -0.39 is 10.0 Å². The van der Waals surface area contributed by atoms with Gasteiger partial charge in [-0.25, -0.2) is 13.1 Å². The van der Waals surface area contributed by atoms with Crippen molar-refractivity contribution in [2.24, 2.45) is 0 Å². The summed E-state index contributed by atoms with van der Waals surface area (Å²) in [7, 11) is -3.09. The molecule has 5 heteroatoms. The Balaban J connectivity index is 2.65. The monoisotopic (exact) mass is 248 g/mol. The predicted molar refractivity (Wildman–Crippen MR) is 66.9 cm³/mol. The Morgan fingerprint density at radius 2 is 1.62 bits per heavy atom. The van der Waals surface area contributed by atoms with E-state index in [9.17, 15) is 8.42 Å². The molecule has 0 aromatic rings. The van der Waals surface area contributed by atoms with Gasteiger partial charge in [0.2, 0.25) is 10.0 Å². The first-order chi connectivity index (χ1) is 7.15. The van der Waals surface area contributed by atoms with Gasteiger partial charge in [0.1, 0.15) is 0 Å². The number of sulfonamides is 1. The molecule has 0 unspecified atom stereocenters. The zero-order valence-corrected chi connectivity index (χ0v) is 11.8. The van der Waals surface area contributed by atoms with Gasteiger partial charge in [0.25, 0.3) is 0 Å². The fourth-order valence-corrected chi connectivity index (χ4v) is 3.20. The largest absolute Gasteiger partial charge is 0.297 e. The van der Waals surface area contributed by atoms with E-state index in [-0.39, 0.29) is 5.54 Å². The summed E-state index contributed by atoms with van der Waals surface area (Å²) in [5.41, 5.74) is -0.192. The molecule has 1 N–H and O–H groups in total. The maximum Gasteiger partial charge on any atom is 0.209 e. The van der Waals surface area contributed by atoms with Gasteiger partial charge in [-0.15, -0.1) is 0 Å². The lowest BCUT2D eigenvalue weighted by atomic mass is 10.1. The smallest absolute Gasteiger partial charge is 0.209 e. The lowest BCUT2D eigenvalue weighted by Gasteiger charge is -2.34. The molecule has 1 aliphatic rings. The predicted octanol–water partition coefficient (Wildman–Crippen LogP) is 1.19. The summed E-state index contributed by atoms with van der Waals surface area (Å²) in [6.45, 7) is 9.41. The van der Waals surface area contributed by atoms with Crippen LogP contribution in [0, 0.1) is 0 Å². The highest BCUT2D eigenvalue weighted by Gasteiger charge is 2.46. The molecule has 0 spiro atoms. The number of nitrogens with zero attached hydrogens (tertiary/aromatic N) is 1. The topological polar surface area (TPSA) is 49.4 Å². The van der Waals surface area contributed by atoms with Gasteiger partial charge in [0.05, 0.1) is 6.26 Å². The van der Waals surface area contributed by atoms with Crippen LogP contribution in [-0.4, -0.2) is 43.7 Å². The third-order valence-electron chi connectivity index (χ3n) is 3.07. The van der Waals surface area contributed by atoms with Crippen molar-refractivity contribution in [2.75, 3.05) is 12.8 Å². The molecule has 0 heterocycles. The van der Waals surface area contributed by atoms with E-state index >= 15 is 0 Å². The van der Waals surface area contributed by atoms with E-state index in [0.717, 1.165) is 19.4 Å². The van der Waals surface area contributed by atoms with Gasteiger partial charge >= 0.3 is 0 Å². The molecule has 0 aromatic heterocycles. The van der Waals surface area contributed by atoms with Crippen LogP contribution in [-0.2, 0) is 10.0 Å². The van der Waals surface area contributed by atoms with Crippen LogP contribution in [0.2, 0.25) is 0 Å². The second kappa shape index (κ2) is 4.63. The quantitative estimate of drug-likeness (QED) is 0.768. The van der Waals surface area contributed by atoms with E-state index in [1.54, 1.807) is 0 Å². The Morgan fingerprint density at radius 3 is 1.88 bits per heavy atom. The number of hydrogen-bond acceptors (Lipinski definition) is 3. The van der Waals surface area contributed by atoms with Crippen LogP contribution in [0.15, 0.2) is 0 Å². The Labute approximate surface area is 99.5 Å². The fraction of sp³-hybridized carbons (Fsp3) is 1.00. The standard InChI is InChI=1S/C11H24N2O2S/c1-9(2)13(10(3)4)8-11(6-7-11)12-16(5,14)15/h9-10,12H,6-8H2,1-5H3. The van der Waals surface area contributed by atoms with Crippen molar-refractivity contribution < 1.29 is 8.42 Å². The van der Waals surface area contributed by atoms with Crippen LogP contribution in [0.5, 0.6) is 0 Å². The van der Waals surface area contributed by atoms with Crippen LogP contribution >= 0.6 is 0 Å². The molecule has 0 aliphatic heterocycles. The van der Waals surface area contributed by atoms with Crippen LogP contribution < -0.4 is 4.72 Å². The fourth-order valence-electron chi connectivity index (χ4n) is 2.15. The minimum atomic E-state index is -3.09. The first-order valence-electron chi connectivity index (χ1n) is 5.90. The highest BCUT2D eigenvalue weighted by molar-refractivity contribution is 7.88. The maximum absolute atomic E-state index is 11.3. The molecular formula is C11H24N2O2S. The summed E-state index contributed by atoms with van der Waals surface area (Å²) in [6.07, 6.45) is 3.15. The zero-order valence-electron chi connectivity index (χ0n) is 10.9. The molecule has 16 heavy (non-hydrogen) atoms. The van der Waals surface area contributed by atoms with Crippen molar-refractivity contribution in [2.45, 2.75) is 58.2 Å². The summed E-state index contributed by atoms with van der Waals surface area (Å²) >= 11 is 0. The Bertz CT molecular complexity index is 324. The molecule has 1 fully saturated rings. The zero-order chi connectivity index (χ0) is 12.6. The van der Waals surface area contributed by atoms with Crippen molar-refractivity contribution in [1.82, 2.24) is 9.62 Å². The third kappa shape index (κ3) is 4.03. The van der Waals surface area contributed by atoms with Gasteiger partial charge in [0.15, 0.2) is 0 Å². The number of hydrogen-bond donors (Lipinski definition) is 1.